The number of anilines is 2. The zero-order chi connectivity index (χ0) is 19.7. The van der Waals surface area contributed by atoms with E-state index in [9.17, 15) is 9.18 Å². The van der Waals surface area contributed by atoms with E-state index in [1.54, 1.807) is 25.3 Å². The Balaban J connectivity index is 2.08. The topological polar surface area (TPSA) is 90.1 Å². The number of amides is 1. The second-order valence-corrected chi connectivity index (χ2v) is 6.29. The Morgan fingerprint density at radius 2 is 1.96 bits per heavy atom. The Labute approximate surface area is 155 Å². The van der Waals surface area contributed by atoms with Gasteiger partial charge in [-0.3, -0.25) is 10.3 Å². The van der Waals surface area contributed by atoms with Crippen LogP contribution < -0.4 is 11.1 Å². The molecular formula is C20H19FN4O2. The Bertz CT molecular complexity index is 1080. The van der Waals surface area contributed by atoms with Gasteiger partial charge in [0.1, 0.15) is 11.6 Å². The first-order valence-electron chi connectivity index (χ1n) is 8.22. The van der Waals surface area contributed by atoms with Crippen molar-refractivity contribution in [2.24, 2.45) is 0 Å². The third-order valence-corrected chi connectivity index (χ3v) is 4.02. The number of nitrogens with one attached hydrogen (secondary N) is 1. The number of pyridine rings is 2. The van der Waals surface area contributed by atoms with Crippen molar-refractivity contribution >= 4 is 28.5 Å². The highest BCUT2D eigenvalue weighted by Gasteiger charge is 2.15. The lowest BCUT2D eigenvalue weighted by Gasteiger charge is -2.14. The Hall–Kier alpha value is -3.48. The summed E-state index contributed by atoms with van der Waals surface area (Å²) in [5, 5.41) is 3.21. The lowest BCUT2D eigenvalue weighted by Crippen LogP contribution is -2.13. The molecule has 0 radical (unpaired) electrons. The van der Waals surface area contributed by atoms with Crippen molar-refractivity contribution < 1.29 is 13.9 Å². The summed E-state index contributed by atoms with van der Waals surface area (Å²) in [7, 11) is 0. The highest BCUT2D eigenvalue weighted by Crippen LogP contribution is 2.32. The fourth-order valence-corrected chi connectivity index (χ4v) is 2.80. The van der Waals surface area contributed by atoms with Gasteiger partial charge in [-0.25, -0.2) is 14.2 Å². The van der Waals surface area contributed by atoms with Crippen molar-refractivity contribution in [1.29, 1.82) is 0 Å². The monoisotopic (exact) mass is 366 g/mol. The molecule has 3 N–H and O–H groups in total. The lowest BCUT2D eigenvalue weighted by atomic mass is 9.97. The molecule has 6 nitrogen and oxygen atoms in total. The van der Waals surface area contributed by atoms with E-state index in [2.05, 4.69) is 21.9 Å². The van der Waals surface area contributed by atoms with E-state index >= 15 is 0 Å². The number of carbonyl (C=O) groups excluding carboxylic acids is 1. The second kappa shape index (κ2) is 7.03. The molecule has 0 fully saturated rings. The van der Waals surface area contributed by atoms with Crippen LogP contribution in [0.4, 0.5) is 20.7 Å². The van der Waals surface area contributed by atoms with Crippen molar-refractivity contribution in [1.82, 2.24) is 9.97 Å². The summed E-state index contributed by atoms with van der Waals surface area (Å²) in [6, 6.07) is 6.53. The highest BCUT2D eigenvalue weighted by molar-refractivity contribution is 5.89. The molecule has 0 atom stereocenters. The van der Waals surface area contributed by atoms with Crippen LogP contribution in [-0.2, 0) is 4.74 Å². The summed E-state index contributed by atoms with van der Waals surface area (Å²) in [6.45, 7) is 8.66. The Morgan fingerprint density at radius 3 is 2.67 bits per heavy atom. The summed E-state index contributed by atoms with van der Waals surface area (Å²) in [6.07, 6.45) is 0.840. The third-order valence-electron chi connectivity index (χ3n) is 4.02. The first-order chi connectivity index (χ1) is 12.7. The predicted molar refractivity (Wildman–Crippen MR) is 104 cm³/mol. The second-order valence-electron chi connectivity index (χ2n) is 6.29. The number of aromatic nitrogens is 2. The fraction of sp³-hybridized carbons (Fsp3) is 0.150. The molecule has 1 aromatic carbocycles. The maximum atomic E-state index is 14.3. The molecule has 0 aliphatic rings. The number of fused-ring (bicyclic) bond motifs is 1. The number of carbonyl (C=O) groups is 1. The number of nitrogen functional groups attached to an aromatic ring is 1. The van der Waals surface area contributed by atoms with Gasteiger partial charge in [-0.2, -0.15) is 0 Å². The van der Waals surface area contributed by atoms with Crippen molar-refractivity contribution in [3.8, 4) is 11.1 Å². The number of hydrogen-bond acceptors (Lipinski definition) is 5. The molecule has 0 unspecified atom stereocenters. The maximum Gasteiger partial charge on any atom is 0.416 e. The molecule has 3 rings (SSSR count). The van der Waals surface area contributed by atoms with Crippen LogP contribution in [0.2, 0.25) is 0 Å². The minimum Gasteiger partial charge on any atom is -0.416 e. The summed E-state index contributed by atoms with van der Waals surface area (Å²) in [5.41, 5.74) is 9.46. The maximum absolute atomic E-state index is 14.3. The van der Waals surface area contributed by atoms with Gasteiger partial charge in [0.25, 0.3) is 0 Å². The van der Waals surface area contributed by atoms with Crippen LogP contribution >= 0.6 is 0 Å². The van der Waals surface area contributed by atoms with Crippen molar-refractivity contribution in [3.05, 3.63) is 59.9 Å². The standard InChI is InChI=1S/C20H19FN4O2/c1-10(2)27-20(26)25-18-7-14(11(3)5-16(18)21)15-6-13-9-23-19(22)8-17(13)24-12(15)4/h5-9H,1H2,2-4H3,(H2,22,23)(H,25,26). The molecule has 27 heavy (non-hydrogen) atoms. The van der Waals surface area contributed by atoms with E-state index in [4.69, 9.17) is 10.5 Å². The van der Waals surface area contributed by atoms with E-state index in [0.29, 0.717) is 11.4 Å². The van der Waals surface area contributed by atoms with E-state index in [0.717, 1.165) is 27.7 Å². The third kappa shape index (κ3) is 3.87. The van der Waals surface area contributed by atoms with E-state index in [1.165, 1.54) is 13.0 Å². The summed E-state index contributed by atoms with van der Waals surface area (Å²) >= 11 is 0. The zero-order valence-corrected chi connectivity index (χ0v) is 15.3. The number of ether oxygens (including phenoxy) is 1. The molecule has 138 valence electrons. The predicted octanol–water partition coefficient (Wildman–Crippen LogP) is 4.72. The SMILES string of the molecule is C=C(C)OC(=O)Nc1cc(-c2cc3cnc(N)cc3nc2C)c(C)cc1F. The van der Waals surface area contributed by atoms with Gasteiger partial charge >= 0.3 is 6.09 Å². The van der Waals surface area contributed by atoms with Crippen LogP contribution in [0.3, 0.4) is 0 Å². The van der Waals surface area contributed by atoms with Crippen LogP contribution in [0.25, 0.3) is 22.0 Å². The van der Waals surface area contributed by atoms with E-state index in [1.807, 2.05) is 13.0 Å². The van der Waals surface area contributed by atoms with Crippen molar-refractivity contribution in [2.45, 2.75) is 20.8 Å². The number of aryl methyl sites for hydroxylation is 2. The Morgan fingerprint density at radius 1 is 1.22 bits per heavy atom. The van der Waals surface area contributed by atoms with Crippen LogP contribution in [0, 0.1) is 19.7 Å². The number of allylic oxidation sites excluding steroid dienone is 1. The molecule has 0 saturated heterocycles. The quantitative estimate of drug-likeness (QED) is 0.655. The molecule has 3 aromatic rings. The molecule has 0 aliphatic heterocycles. The Kier molecular flexibility index (Phi) is 4.77. The van der Waals surface area contributed by atoms with Gasteiger partial charge in [-0.05, 0) is 50.1 Å². The summed E-state index contributed by atoms with van der Waals surface area (Å²) in [4.78, 5) is 20.4. The van der Waals surface area contributed by atoms with Gasteiger partial charge in [-0.15, -0.1) is 0 Å². The van der Waals surface area contributed by atoms with Crippen LogP contribution in [0.1, 0.15) is 18.2 Å². The highest BCUT2D eigenvalue weighted by atomic mass is 19.1. The van der Waals surface area contributed by atoms with Gasteiger partial charge in [0.05, 0.1) is 17.0 Å². The largest absolute Gasteiger partial charge is 0.416 e. The van der Waals surface area contributed by atoms with Crippen LogP contribution in [-0.4, -0.2) is 16.1 Å². The summed E-state index contributed by atoms with van der Waals surface area (Å²) in [5.74, 6) is 0.0416. The number of hydrogen-bond donors (Lipinski definition) is 2. The molecule has 0 spiro atoms. The van der Waals surface area contributed by atoms with Crippen molar-refractivity contribution in [3.63, 3.8) is 0 Å². The van der Waals surface area contributed by atoms with Crippen LogP contribution in [0.15, 0.2) is 42.8 Å². The minimum atomic E-state index is -0.802. The number of nitrogens with two attached hydrogens (primary N) is 1. The lowest BCUT2D eigenvalue weighted by molar-refractivity contribution is 0.192. The van der Waals surface area contributed by atoms with Gasteiger partial charge in [0.2, 0.25) is 0 Å². The number of halogens is 1. The molecule has 1 amide bonds. The molecule has 2 aromatic heterocycles. The van der Waals surface area contributed by atoms with Gasteiger partial charge in [0.15, 0.2) is 0 Å². The number of benzene rings is 1. The van der Waals surface area contributed by atoms with Gasteiger partial charge in [0, 0.05) is 28.9 Å². The number of rotatable bonds is 3. The first kappa shape index (κ1) is 18.3. The minimum absolute atomic E-state index is 0.0109. The fourth-order valence-electron chi connectivity index (χ4n) is 2.80. The van der Waals surface area contributed by atoms with Gasteiger partial charge in [-0.1, -0.05) is 6.58 Å². The molecule has 0 aliphatic carbocycles. The average Bonchev–Trinajstić information content (AvgIpc) is 2.56. The molecule has 2 heterocycles. The molecular weight excluding hydrogens is 347 g/mol. The van der Waals surface area contributed by atoms with E-state index < -0.39 is 11.9 Å². The molecule has 7 heteroatoms. The normalized spacial score (nSPS) is 10.7. The van der Waals surface area contributed by atoms with Gasteiger partial charge < -0.3 is 10.5 Å². The zero-order valence-electron chi connectivity index (χ0n) is 15.3. The molecule has 0 bridgehead atoms. The number of nitrogens with zero attached hydrogens (tertiary/aromatic N) is 2. The van der Waals surface area contributed by atoms with Crippen molar-refractivity contribution in [2.75, 3.05) is 11.1 Å². The smallest absolute Gasteiger partial charge is 0.416 e. The van der Waals surface area contributed by atoms with E-state index in [-0.39, 0.29) is 11.4 Å². The average molecular weight is 366 g/mol. The first-order valence-corrected chi connectivity index (χ1v) is 8.22. The summed E-state index contributed by atoms with van der Waals surface area (Å²) < 4.78 is 19.1. The van der Waals surface area contributed by atoms with Crippen LogP contribution in [0.5, 0.6) is 0 Å². The molecule has 0 saturated carbocycles.